The van der Waals surface area contributed by atoms with Gasteiger partial charge in [0.2, 0.25) is 10.0 Å². The summed E-state index contributed by atoms with van der Waals surface area (Å²) in [5.41, 5.74) is 0.642. The first-order chi connectivity index (χ1) is 11.1. The molecule has 120 valence electrons. The molecular formula is C18H19NO3S. The second kappa shape index (κ2) is 6.64. The van der Waals surface area contributed by atoms with Gasteiger partial charge in [0.25, 0.3) is 0 Å². The van der Waals surface area contributed by atoms with Gasteiger partial charge in [-0.2, -0.15) is 0 Å². The van der Waals surface area contributed by atoms with E-state index in [-0.39, 0.29) is 22.6 Å². The Kier molecular flexibility index (Phi) is 4.59. The molecule has 23 heavy (non-hydrogen) atoms. The Balaban J connectivity index is 1.79. The summed E-state index contributed by atoms with van der Waals surface area (Å²) >= 11 is 0. The second-order valence-electron chi connectivity index (χ2n) is 5.81. The summed E-state index contributed by atoms with van der Waals surface area (Å²) in [5.74, 6) is -0.278. The summed E-state index contributed by atoms with van der Waals surface area (Å²) in [4.78, 5) is 12.9. The summed E-state index contributed by atoms with van der Waals surface area (Å²) < 4.78 is 27.7. The molecule has 1 aliphatic rings. The summed E-state index contributed by atoms with van der Waals surface area (Å²) in [7, 11) is -3.59. The third-order valence-corrected chi connectivity index (χ3v) is 5.78. The molecule has 3 rings (SSSR count). The van der Waals surface area contributed by atoms with Crippen LogP contribution in [-0.2, 0) is 10.0 Å². The lowest BCUT2D eigenvalue weighted by atomic mass is 9.94. The zero-order valence-corrected chi connectivity index (χ0v) is 13.5. The predicted molar refractivity (Wildman–Crippen MR) is 88.7 cm³/mol. The van der Waals surface area contributed by atoms with Gasteiger partial charge in [0.05, 0.1) is 4.90 Å². The van der Waals surface area contributed by atoms with Crippen LogP contribution in [0.2, 0.25) is 0 Å². The Morgan fingerprint density at radius 2 is 1.52 bits per heavy atom. The van der Waals surface area contributed by atoms with Crippen molar-refractivity contribution < 1.29 is 13.2 Å². The average Bonchev–Trinajstić information content (AvgIpc) is 3.03. The van der Waals surface area contributed by atoms with Crippen molar-refractivity contribution in [2.45, 2.75) is 30.2 Å². The molecule has 2 atom stereocenters. The molecule has 1 aliphatic carbocycles. The highest BCUT2D eigenvalue weighted by Gasteiger charge is 2.36. The Morgan fingerprint density at radius 1 is 0.913 bits per heavy atom. The number of sulfonamides is 1. The molecule has 5 heteroatoms. The standard InChI is InChI=1S/C18H19NO3S/c20-18(14-8-3-1-4-9-14)16-12-7-13-17(16)19-23(21,22)15-10-5-2-6-11-15/h1-6,8-11,16-17,19H,7,12-13H2/t16-,17+/m1/s1. The maximum Gasteiger partial charge on any atom is 0.240 e. The first-order valence-corrected chi connectivity index (χ1v) is 9.23. The maximum absolute atomic E-state index is 12.6. The van der Waals surface area contributed by atoms with Gasteiger partial charge in [0.1, 0.15) is 0 Å². The maximum atomic E-state index is 12.6. The minimum atomic E-state index is -3.59. The molecule has 4 nitrogen and oxygen atoms in total. The van der Waals surface area contributed by atoms with Crippen LogP contribution in [0.3, 0.4) is 0 Å². The van der Waals surface area contributed by atoms with Crippen LogP contribution in [0.1, 0.15) is 29.6 Å². The zero-order valence-electron chi connectivity index (χ0n) is 12.7. The van der Waals surface area contributed by atoms with E-state index in [1.165, 1.54) is 0 Å². The summed E-state index contributed by atoms with van der Waals surface area (Å²) in [6, 6.07) is 17.0. The van der Waals surface area contributed by atoms with Gasteiger partial charge in [-0.25, -0.2) is 13.1 Å². The molecule has 2 aromatic rings. The van der Waals surface area contributed by atoms with Gasteiger partial charge in [0, 0.05) is 17.5 Å². The van der Waals surface area contributed by atoms with Crippen LogP contribution in [0.4, 0.5) is 0 Å². The first kappa shape index (κ1) is 15.9. The summed E-state index contributed by atoms with van der Waals surface area (Å²) in [6.45, 7) is 0. The fourth-order valence-corrected chi connectivity index (χ4v) is 4.43. The van der Waals surface area contributed by atoms with Crippen molar-refractivity contribution in [2.75, 3.05) is 0 Å². The molecule has 0 heterocycles. The third-order valence-electron chi connectivity index (χ3n) is 4.27. The number of ketones is 1. The van der Waals surface area contributed by atoms with Crippen molar-refractivity contribution >= 4 is 15.8 Å². The number of Topliss-reactive ketones (excluding diaryl/α,β-unsaturated/α-hetero) is 1. The topological polar surface area (TPSA) is 63.2 Å². The molecule has 1 saturated carbocycles. The molecule has 0 unspecified atom stereocenters. The lowest BCUT2D eigenvalue weighted by Crippen LogP contribution is -2.40. The molecule has 1 fully saturated rings. The number of carbonyl (C=O) groups is 1. The van der Waals surface area contributed by atoms with Crippen molar-refractivity contribution in [3.63, 3.8) is 0 Å². The quantitative estimate of drug-likeness (QED) is 0.858. The van der Waals surface area contributed by atoms with Gasteiger partial charge in [-0.1, -0.05) is 55.0 Å². The van der Waals surface area contributed by atoms with Crippen molar-refractivity contribution in [3.8, 4) is 0 Å². The normalized spacial score (nSPS) is 21.2. The van der Waals surface area contributed by atoms with E-state index in [1.54, 1.807) is 42.5 Å². The van der Waals surface area contributed by atoms with Crippen molar-refractivity contribution in [1.29, 1.82) is 0 Å². The lowest BCUT2D eigenvalue weighted by Gasteiger charge is -2.20. The molecule has 0 spiro atoms. The fraction of sp³-hybridized carbons (Fsp3) is 0.278. The van der Waals surface area contributed by atoms with E-state index >= 15 is 0 Å². The molecule has 1 N–H and O–H groups in total. The molecule has 2 aromatic carbocycles. The Labute approximate surface area is 136 Å². The van der Waals surface area contributed by atoms with Gasteiger partial charge in [-0.3, -0.25) is 4.79 Å². The Bertz CT molecular complexity index is 772. The van der Waals surface area contributed by atoms with E-state index in [0.29, 0.717) is 12.0 Å². The van der Waals surface area contributed by atoms with E-state index in [1.807, 2.05) is 18.2 Å². The van der Waals surface area contributed by atoms with Crippen LogP contribution >= 0.6 is 0 Å². The van der Waals surface area contributed by atoms with Crippen molar-refractivity contribution in [3.05, 3.63) is 66.2 Å². The van der Waals surface area contributed by atoms with Crippen molar-refractivity contribution in [2.24, 2.45) is 5.92 Å². The SMILES string of the molecule is O=C(c1ccccc1)[C@@H]1CCC[C@@H]1NS(=O)(=O)c1ccccc1. The number of hydrogen-bond donors (Lipinski definition) is 1. The number of hydrogen-bond acceptors (Lipinski definition) is 3. The average molecular weight is 329 g/mol. The van der Waals surface area contributed by atoms with E-state index < -0.39 is 10.0 Å². The van der Waals surface area contributed by atoms with E-state index in [9.17, 15) is 13.2 Å². The van der Waals surface area contributed by atoms with Crippen LogP contribution < -0.4 is 4.72 Å². The summed E-state index contributed by atoms with van der Waals surface area (Å²) in [6.07, 6.45) is 2.26. The lowest BCUT2D eigenvalue weighted by molar-refractivity contribution is 0.0910. The largest absolute Gasteiger partial charge is 0.294 e. The number of benzene rings is 2. The van der Waals surface area contributed by atoms with E-state index in [4.69, 9.17) is 0 Å². The van der Waals surface area contributed by atoms with Gasteiger partial charge < -0.3 is 0 Å². The van der Waals surface area contributed by atoms with Crippen LogP contribution in [0.25, 0.3) is 0 Å². The fourth-order valence-electron chi connectivity index (χ4n) is 3.10. The van der Waals surface area contributed by atoms with Crippen LogP contribution in [0, 0.1) is 5.92 Å². The molecular weight excluding hydrogens is 310 g/mol. The van der Waals surface area contributed by atoms with Gasteiger partial charge in [-0.05, 0) is 25.0 Å². The highest BCUT2D eigenvalue weighted by molar-refractivity contribution is 7.89. The summed E-state index contributed by atoms with van der Waals surface area (Å²) in [5, 5.41) is 0. The minimum Gasteiger partial charge on any atom is -0.294 e. The number of nitrogens with one attached hydrogen (secondary N) is 1. The van der Waals surface area contributed by atoms with Crippen LogP contribution in [0.5, 0.6) is 0 Å². The second-order valence-corrected chi connectivity index (χ2v) is 7.52. The van der Waals surface area contributed by atoms with Gasteiger partial charge >= 0.3 is 0 Å². The zero-order chi connectivity index (χ0) is 16.3. The number of carbonyl (C=O) groups excluding carboxylic acids is 1. The Morgan fingerprint density at radius 3 is 2.17 bits per heavy atom. The third kappa shape index (κ3) is 3.51. The minimum absolute atomic E-state index is 0.0175. The van der Waals surface area contributed by atoms with Crippen LogP contribution in [-0.4, -0.2) is 20.2 Å². The van der Waals surface area contributed by atoms with Gasteiger partial charge in [0.15, 0.2) is 5.78 Å². The van der Waals surface area contributed by atoms with Gasteiger partial charge in [-0.15, -0.1) is 0 Å². The number of rotatable bonds is 5. The van der Waals surface area contributed by atoms with E-state index in [2.05, 4.69) is 4.72 Å². The molecule has 0 aliphatic heterocycles. The highest BCUT2D eigenvalue weighted by atomic mass is 32.2. The van der Waals surface area contributed by atoms with E-state index in [0.717, 1.165) is 12.8 Å². The molecule has 0 radical (unpaired) electrons. The first-order valence-electron chi connectivity index (χ1n) is 7.74. The van der Waals surface area contributed by atoms with Crippen molar-refractivity contribution in [1.82, 2.24) is 4.72 Å². The Hall–Kier alpha value is -1.98. The predicted octanol–water partition coefficient (Wildman–Crippen LogP) is 3.02. The van der Waals surface area contributed by atoms with Crippen LogP contribution in [0.15, 0.2) is 65.6 Å². The molecule has 0 bridgehead atoms. The molecule has 0 amide bonds. The highest BCUT2D eigenvalue weighted by Crippen LogP contribution is 2.30. The smallest absolute Gasteiger partial charge is 0.240 e. The molecule has 0 saturated heterocycles. The monoisotopic (exact) mass is 329 g/mol. The molecule has 0 aromatic heterocycles.